The van der Waals surface area contributed by atoms with Crippen LogP contribution in [0.2, 0.25) is 20.1 Å². The number of carbonyl (C=O) groups is 4. The largest absolute Gasteiger partial charge is 0.481 e. The molecule has 0 fully saturated rings. The molecule has 20 heteroatoms. The number of aliphatic carboxylic acids is 2. The number of thiazole rings is 2. The molecule has 0 spiro atoms. The van der Waals surface area contributed by atoms with Crippen molar-refractivity contribution in [2.75, 3.05) is 0 Å². The number of hydrogen-bond donors (Lipinski definition) is 4. The number of hydrogen-bond acceptors (Lipinski definition) is 8. The van der Waals surface area contributed by atoms with Crippen LogP contribution in [0.25, 0.3) is 21.1 Å². The molecule has 0 saturated heterocycles. The second-order valence-electron chi connectivity index (χ2n) is 12.2. The van der Waals surface area contributed by atoms with Crippen LogP contribution >= 0.6 is 69.1 Å². The molecule has 2 amide bonds. The Hall–Kier alpha value is -5.10. The van der Waals surface area contributed by atoms with Crippen molar-refractivity contribution in [3.05, 3.63) is 150 Å². The smallest absolute Gasteiger partial charge is 0.416 e. The maximum atomic E-state index is 13.5. The summed E-state index contributed by atoms with van der Waals surface area (Å²) in [5.74, 6) is -4.40. The fourth-order valence-electron chi connectivity index (χ4n) is 5.43. The van der Waals surface area contributed by atoms with Crippen LogP contribution in [0.15, 0.2) is 95.7 Å². The standard InChI is InChI=1S/C20H13Cl2F3N2O3S.C19H13Cl2FN2O3S/c21-13-7-3-5-11(17(13)22)19-27-15(9-31-19)18(30)26-14(8-16(28)29)10-4-1-2-6-12(10)20(23,24)25;20-13-6-2-5-12(17(13)21)19-24-15(9-28-19)18(27)23-14(8-16(25)26)10-3-1-4-11(22)7-10/h1-7,9,14H,8H2,(H,26,30)(H,28,29);1-7,9,14H,8H2,(H,23,27)(H,25,26)/t2*14-/m00/s1. The molecule has 4 aromatic carbocycles. The van der Waals surface area contributed by atoms with Crippen molar-refractivity contribution in [2.45, 2.75) is 31.1 Å². The molecule has 0 saturated carbocycles. The van der Waals surface area contributed by atoms with Gasteiger partial charge in [0.1, 0.15) is 27.2 Å². The lowest BCUT2D eigenvalue weighted by molar-refractivity contribution is -0.140. The third-order valence-electron chi connectivity index (χ3n) is 8.10. The summed E-state index contributed by atoms with van der Waals surface area (Å²) in [4.78, 5) is 56.1. The summed E-state index contributed by atoms with van der Waals surface area (Å²) in [5, 5.41) is 28.3. The number of carboxylic acids is 2. The highest BCUT2D eigenvalue weighted by Crippen LogP contribution is 2.38. The van der Waals surface area contributed by atoms with Crippen LogP contribution < -0.4 is 10.6 Å². The summed E-state index contributed by atoms with van der Waals surface area (Å²) < 4.78 is 53.6. The second kappa shape index (κ2) is 19.8. The Kier molecular flexibility index (Phi) is 15.1. The SMILES string of the molecule is O=C(O)C[C@H](NC(=O)c1csc(-c2cccc(Cl)c2Cl)n1)c1cccc(F)c1.O=C(O)C[C@H](NC(=O)c1csc(-c2cccc(Cl)c2Cl)n1)c1ccccc1C(F)(F)F. The van der Waals surface area contributed by atoms with Gasteiger partial charge in [0.25, 0.3) is 11.8 Å². The number of halogens is 8. The van der Waals surface area contributed by atoms with Crippen molar-refractivity contribution in [1.29, 1.82) is 0 Å². The van der Waals surface area contributed by atoms with Gasteiger partial charge in [0, 0.05) is 21.9 Å². The summed E-state index contributed by atoms with van der Waals surface area (Å²) in [6, 6.07) is 17.6. The van der Waals surface area contributed by atoms with Crippen LogP contribution in [-0.4, -0.2) is 43.9 Å². The third kappa shape index (κ3) is 11.8. The van der Waals surface area contributed by atoms with E-state index in [2.05, 4.69) is 20.6 Å². The highest BCUT2D eigenvalue weighted by molar-refractivity contribution is 7.13. The number of nitrogens with one attached hydrogen (secondary N) is 2. The molecule has 2 aromatic heterocycles. The fraction of sp³-hybridized carbons (Fsp3) is 0.128. The van der Waals surface area contributed by atoms with E-state index in [1.54, 1.807) is 42.5 Å². The first-order chi connectivity index (χ1) is 27.9. The van der Waals surface area contributed by atoms with Crippen molar-refractivity contribution in [2.24, 2.45) is 0 Å². The molecule has 0 aliphatic rings. The minimum atomic E-state index is -4.71. The highest BCUT2D eigenvalue weighted by Gasteiger charge is 2.36. The Morgan fingerprint density at radius 3 is 1.63 bits per heavy atom. The number of rotatable bonds is 12. The van der Waals surface area contributed by atoms with Gasteiger partial charge in [-0.1, -0.05) is 101 Å². The predicted octanol–water partition coefficient (Wildman–Crippen LogP) is 11.3. The molecule has 6 rings (SSSR count). The number of amides is 2. The quantitative estimate of drug-likeness (QED) is 0.0883. The first-order valence-corrected chi connectivity index (χ1v) is 20.0. The lowest BCUT2D eigenvalue weighted by Gasteiger charge is -2.21. The zero-order valence-electron chi connectivity index (χ0n) is 29.6. The van der Waals surface area contributed by atoms with Crippen molar-refractivity contribution in [3.63, 3.8) is 0 Å². The maximum absolute atomic E-state index is 13.5. The summed E-state index contributed by atoms with van der Waals surface area (Å²) >= 11 is 26.6. The highest BCUT2D eigenvalue weighted by atomic mass is 35.5. The Morgan fingerprint density at radius 1 is 0.661 bits per heavy atom. The van der Waals surface area contributed by atoms with Gasteiger partial charge in [0.15, 0.2) is 0 Å². The van der Waals surface area contributed by atoms with E-state index < -0.39 is 66.2 Å². The molecule has 0 bridgehead atoms. The Morgan fingerprint density at radius 2 is 1.14 bits per heavy atom. The summed E-state index contributed by atoms with van der Waals surface area (Å²) in [6.07, 6.45) is -5.85. The van der Waals surface area contributed by atoms with Crippen molar-refractivity contribution in [1.82, 2.24) is 20.6 Å². The summed E-state index contributed by atoms with van der Waals surface area (Å²) in [6.45, 7) is 0. The first kappa shape index (κ1) is 45.0. The van der Waals surface area contributed by atoms with E-state index in [0.29, 0.717) is 41.8 Å². The molecule has 2 atom stereocenters. The zero-order valence-corrected chi connectivity index (χ0v) is 34.2. The molecule has 0 radical (unpaired) electrons. The minimum Gasteiger partial charge on any atom is -0.481 e. The van der Waals surface area contributed by atoms with E-state index in [-0.39, 0.29) is 22.0 Å². The lowest BCUT2D eigenvalue weighted by atomic mass is 9.97. The predicted molar refractivity (Wildman–Crippen MR) is 218 cm³/mol. The van der Waals surface area contributed by atoms with Gasteiger partial charge in [-0.25, -0.2) is 14.4 Å². The Bertz CT molecular complexity index is 2520. The molecule has 6 aromatic rings. The number of carbonyl (C=O) groups excluding carboxylic acids is 2. The Balaban J connectivity index is 0.000000225. The number of benzene rings is 4. The molecule has 2 heterocycles. The van der Waals surface area contributed by atoms with Gasteiger partial charge in [-0.2, -0.15) is 13.2 Å². The number of alkyl halides is 3. The molecule has 4 N–H and O–H groups in total. The summed E-state index contributed by atoms with van der Waals surface area (Å²) in [5.41, 5.74) is 0.0707. The first-order valence-electron chi connectivity index (χ1n) is 16.7. The van der Waals surface area contributed by atoms with Crippen molar-refractivity contribution in [3.8, 4) is 21.1 Å². The fourth-order valence-corrected chi connectivity index (χ4v) is 7.98. The summed E-state index contributed by atoms with van der Waals surface area (Å²) in [7, 11) is 0. The monoisotopic (exact) mass is 926 g/mol. The van der Waals surface area contributed by atoms with Crippen LogP contribution in [0.5, 0.6) is 0 Å². The van der Waals surface area contributed by atoms with E-state index >= 15 is 0 Å². The van der Waals surface area contributed by atoms with Crippen LogP contribution in [0.1, 0.15) is 62.6 Å². The van der Waals surface area contributed by atoms with Gasteiger partial charge in [0.2, 0.25) is 0 Å². The van der Waals surface area contributed by atoms with Gasteiger partial charge in [-0.3, -0.25) is 19.2 Å². The van der Waals surface area contributed by atoms with Crippen molar-refractivity contribution >= 4 is 92.8 Å². The van der Waals surface area contributed by atoms with Crippen LogP contribution in [-0.2, 0) is 15.8 Å². The molecule has 10 nitrogen and oxygen atoms in total. The van der Waals surface area contributed by atoms with Gasteiger partial charge in [-0.15, -0.1) is 22.7 Å². The zero-order chi connectivity index (χ0) is 43.0. The average Bonchev–Trinajstić information content (AvgIpc) is 3.88. The molecular weight excluding hydrogens is 902 g/mol. The number of carboxylic acid groups (broad SMARTS) is 2. The molecule has 306 valence electrons. The van der Waals surface area contributed by atoms with Gasteiger partial charge < -0.3 is 20.8 Å². The van der Waals surface area contributed by atoms with Crippen molar-refractivity contribution < 1.29 is 47.0 Å². The van der Waals surface area contributed by atoms with E-state index in [9.17, 15) is 36.7 Å². The van der Waals surface area contributed by atoms with E-state index in [0.717, 1.165) is 23.5 Å². The molecular formula is C39H26Cl4F4N4O6S2. The van der Waals surface area contributed by atoms with E-state index in [4.69, 9.17) is 56.6 Å². The third-order valence-corrected chi connectivity index (χ3v) is 11.5. The number of nitrogens with zero attached hydrogens (tertiary/aromatic N) is 2. The Labute approximate surface area is 360 Å². The lowest BCUT2D eigenvalue weighted by Crippen LogP contribution is -2.32. The topological polar surface area (TPSA) is 159 Å². The van der Waals surface area contributed by atoms with Gasteiger partial charge in [-0.05, 0) is 41.5 Å². The number of aromatic nitrogens is 2. The van der Waals surface area contributed by atoms with Crippen LogP contribution in [0.4, 0.5) is 17.6 Å². The molecule has 0 unspecified atom stereocenters. The van der Waals surface area contributed by atoms with E-state index in [1.165, 1.54) is 52.4 Å². The van der Waals surface area contributed by atoms with E-state index in [1.807, 2.05) is 0 Å². The van der Waals surface area contributed by atoms with Gasteiger partial charge >= 0.3 is 18.1 Å². The normalized spacial score (nSPS) is 12.1. The minimum absolute atomic E-state index is 0.0871. The van der Waals surface area contributed by atoms with Crippen LogP contribution in [0, 0.1) is 5.82 Å². The van der Waals surface area contributed by atoms with Gasteiger partial charge in [0.05, 0.1) is 50.6 Å². The molecule has 59 heavy (non-hydrogen) atoms. The van der Waals surface area contributed by atoms with Crippen LogP contribution in [0.3, 0.4) is 0 Å². The molecule has 0 aliphatic carbocycles. The average molecular weight is 929 g/mol. The molecule has 0 aliphatic heterocycles. The second-order valence-corrected chi connectivity index (χ2v) is 15.5. The maximum Gasteiger partial charge on any atom is 0.416 e.